The van der Waals surface area contributed by atoms with Crippen LogP contribution in [0.1, 0.15) is 0 Å². The lowest BCUT2D eigenvalue weighted by molar-refractivity contribution is 0.0382. The average molecular weight is 255 g/mol. The van der Waals surface area contributed by atoms with E-state index in [1.54, 1.807) is 6.08 Å². The van der Waals surface area contributed by atoms with Gasteiger partial charge in [-0.05, 0) is 0 Å². The van der Waals surface area contributed by atoms with Gasteiger partial charge in [0.25, 0.3) is 5.56 Å². The maximum absolute atomic E-state index is 11.8. The van der Waals surface area contributed by atoms with Crippen LogP contribution in [0.15, 0.2) is 28.3 Å². The minimum atomic E-state index is -0.945. The number of anilines is 1. The van der Waals surface area contributed by atoms with Crippen LogP contribution in [0.4, 0.5) is 5.82 Å². The molecule has 0 aliphatic carbocycles. The lowest BCUT2D eigenvalue weighted by Crippen LogP contribution is -2.42. The lowest BCUT2D eigenvalue weighted by Gasteiger charge is -2.13. The molecule has 0 bridgehead atoms. The van der Waals surface area contributed by atoms with Crippen LogP contribution in [0.2, 0.25) is 0 Å². The molecule has 0 aliphatic rings. The van der Waals surface area contributed by atoms with Crippen LogP contribution in [0.25, 0.3) is 0 Å². The van der Waals surface area contributed by atoms with Gasteiger partial charge in [-0.15, -0.1) is 6.58 Å². The summed E-state index contributed by atoms with van der Waals surface area (Å²) in [4.78, 5) is 23.3. The Labute approximate surface area is 104 Å². The van der Waals surface area contributed by atoms with Gasteiger partial charge in [-0.25, -0.2) is 4.79 Å². The Morgan fingerprint density at radius 3 is 2.89 bits per heavy atom. The highest BCUT2D eigenvalue weighted by molar-refractivity contribution is 5.25. The van der Waals surface area contributed by atoms with Crippen LogP contribution in [-0.2, 0) is 18.3 Å². The number of ether oxygens (including phenoxy) is 1. The molecule has 0 aliphatic heterocycles. The Hall–Kier alpha value is -1.86. The lowest BCUT2D eigenvalue weighted by atomic mass is 10.3. The minimum absolute atomic E-state index is 0.0198. The monoisotopic (exact) mass is 255 g/mol. The molecular formula is C11H17N3O4. The number of aliphatic hydroxyl groups excluding tert-OH is 1. The molecule has 18 heavy (non-hydrogen) atoms. The Morgan fingerprint density at radius 1 is 1.61 bits per heavy atom. The second-order valence-electron chi connectivity index (χ2n) is 3.84. The quantitative estimate of drug-likeness (QED) is 0.486. The van der Waals surface area contributed by atoms with E-state index in [1.807, 2.05) is 0 Å². The molecule has 0 radical (unpaired) electrons. The normalized spacial score (nSPS) is 12.3. The molecule has 1 rings (SSSR count). The summed E-state index contributed by atoms with van der Waals surface area (Å²) in [6, 6.07) is 1.14. The van der Waals surface area contributed by atoms with E-state index >= 15 is 0 Å². The van der Waals surface area contributed by atoms with Gasteiger partial charge in [-0.1, -0.05) is 6.08 Å². The molecule has 1 unspecified atom stereocenters. The molecule has 0 spiro atoms. The molecule has 1 atom stereocenters. The van der Waals surface area contributed by atoms with Crippen LogP contribution in [0.5, 0.6) is 0 Å². The Balaban J connectivity index is 2.85. The molecule has 1 heterocycles. The first-order valence-electron chi connectivity index (χ1n) is 5.40. The molecule has 100 valence electrons. The SMILES string of the molecule is C=CCOCC(O)Cn1c(=O)cc(N)n(C)c1=O. The first-order chi connectivity index (χ1) is 8.47. The molecular weight excluding hydrogens is 238 g/mol. The topological polar surface area (TPSA) is 99.5 Å². The fraction of sp³-hybridized carbons (Fsp3) is 0.455. The molecule has 3 N–H and O–H groups in total. The number of nitrogen functional groups attached to an aromatic ring is 1. The molecule has 7 heteroatoms. The molecule has 0 saturated carbocycles. The molecule has 0 saturated heterocycles. The summed E-state index contributed by atoms with van der Waals surface area (Å²) >= 11 is 0. The van der Waals surface area contributed by atoms with Crippen molar-refractivity contribution in [1.29, 1.82) is 0 Å². The number of hydrogen-bond acceptors (Lipinski definition) is 5. The van der Waals surface area contributed by atoms with E-state index in [9.17, 15) is 14.7 Å². The van der Waals surface area contributed by atoms with Crippen molar-refractivity contribution >= 4 is 5.82 Å². The first-order valence-corrected chi connectivity index (χ1v) is 5.40. The zero-order chi connectivity index (χ0) is 13.7. The summed E-state index contributed by atoms with van der Waals surface area (Å²) in [6.45, 7) is 3.64. The van der Waals surface area contributed by atoms with Crippen molar-refractivity contribution in [3.63, 3.8) is 0 Å². The van der Waals surface area contributed by atoms with Crippen LogP contribution < -0.4 is 17.0 Å². The third-order valence-corrected chi connectivity index (χ3v) is 2.38. The molecule has 1 aromatic heterocycles. The van der Waals surface area contributed by atoms with Crippen molar-refractivity contribution in [3.8, 4) is 0 Å². The highest BCUT2D eigenvalue weighted by Crippen LogP contribution is 1.92. The van der Waals surface area contributed by atoms with Gasteiger partial charge in [-0.3, -0.25) is 13.9 Å². The Kier molecular flexibility index (Phi) is 4.87. The van der Waals surface area contributed by atoms with Crippen molar-refractivity contribution in [2.75, 3.05) is 18.9 Å². The summed E-state index contributed by atoms with van der Waals surface area (Å²) in [5.41, 5.74) is 4.36. The molecule has 0 amide bonds. The van der Waals surface area contributed by atoms with Crippen LogP contribution in [0.3, 0.4) is 0 Å². The number of rotatable bonds is 6. The van der Waals surface area contributed by atoms with Crippen molar-refractivity contribution in [2.45, 2.75) is 12.6 Å². The highest BCUT2D eigenvalue weighted by Gasteiger charge is 2.11. The predicted molar refractivity (Wildman–Crippen MR) is 67.4 cm³/mol. The van der Waals surface area contributed by atoms with E-state index in [1.165, 1.54) is 7.05 Å². The molecule has 7 nitrogen and oxygen atoms in total. The third kappa shape index (κ3) is 3.31. The van der Waals surface area contributed by atoms with Crippen molar-refractivity contribution in [1.82, 2.24) is 9.13 Å². The Morgan fingerprint density at radius 2 is 2.28 bits per heavy atom. The minimum Gasteiger partial charge on any atom is -0.389 e. The predicted octanol–water partition coefficient (Wildman–Crippen LogP) is -1.31. The zero-order valence-electron chi connectivity index (χ0n) is 10.2. The first kappa shape index (κ1) is 14.2. The fourth-order valence-corrected chi connectivity index (χ4v) is 1.41. The van der Waals surface area contributed by atoms with Gasteiger partial charge in [0.05, 0.1) is 25.9 Å². The number of nitrogens with two attached hydrogens (primary N) is 1. The summed E-state index contributed by atoms with van der Waals surface area (Å²) in [7, 11) is 1.45. The van der Waals surface area contributed by atoms with Gasteiger partial charge in [0.1, 0.15) is 5.82 Å². The van der Waals surface area contributed by atoms with E-state index in [-0.39, 0.29) is 19.0 Å². The van der Waals surface area contributed by atoms with E-state index < -0.39 is 17.4 Å². The summed E-state index contributed by atoms with van der Waals surface area (Å²) in [5.74, 6) is 0.0821. The average Bonchev–Trinajstić information content (AvgIpc) is 2.32. The standard InChI is InChI=1S/C11H17N3O4/c1-3-4-18-7-8(15)6-14-10(16)5-9(12)13(2)11(14)17/h3,5,8,15H,1,4,6-7,12H2,2H3. The third-order valence-electron chi connectivity index (χ3n) is 2.38. The summed E-state index contributed by atoms with van der Waals surface area (Å²) in [5, 5.41) is 9.64. The second-order valence-corrected chi connectivity index (χ2v) is 3.84. The second kappa shape index (κ2) is 6.18. The highest BCUT2D eigenvalue weighted by atomic mass is 16.5. The molecule has 0 fully saturated rings. The van der Waals surface area contributed by atoms with Crippen molar-refractivity contribution < 1.29 is 9.84 Å². The van der Waals surface area contributed by atoms with Crippen LogP contribution in [-0.4, -0.2) is 33.6 Å². The van der Waals surface area contributed by atoms with Gasteiger partial charge < -0.3 is 15.6 Å². The fourth-order valence-electron chi connectivity index (χ4n) is 1.41. The smallest absolute Gasteiger partial charge is 0.332 e. The van der Waals surface area contributed by atoms with Gasteiger partial charge in [0, 0.05) is 13.1 Å². The van der Waals surface area contributed by atoms with Crippen LogP contribution >= 0.6 is 0 Å². The van der Waals surface area contributed by atoms with E-state index in [0.29, 0.717) is 6.61 Å². The van der Waals surface area contributed by atoms with Gasteiger partial charge >= 0.3 is 5.69 Å². The van der Waals surface area contributed by atoms with Crippen molar-refractivity contribution in [3.05, 3.63) is 39.6 Å². The van der Waals surface area contributed by atoms with E-state index in [2.05, 4.69) is 6.58 Å². The number of aliphatic hydroxyl groups is 1. The number of nitrogens with zero attached hydrogens (tertiary/aromatic N) is 2. The summed E-state index contributed by atoms with van der Waals surface area (Å²) in [6.07, 6.45) is 0.597. The maximum atomic E-state index is 11.8. The largest absolute Gasteiger partial charge is 0.389 e. The van der Waals surface area contributed by atoms with Crippen LogP contribution in [0, 0.1) is 0 Å². The molecule has 1 aromatic rings. The van der Waals surface area contributed by atoms with E-state index in [4.69, 9.17) is 10.5 Å². The Bertz CT molecular complexity index is 532. The molecule has 0 aromatic carbocycles. The van der Waals surface area contributed by atoms with Crippen molar-refractivity contribution in [2.24, 2.45) is 7.05 Å². The summed E-state index contributed by atoms with van der Waals surface area (Å²) < 4.78 is 7.09. The van der Waals surface area contributed by atoms with E-state index in [0.717, 1.165) is 15.2 Å². The zero-order valence-corrected chi connectivity index (χ0v) is 10.2. The number of hydrogen-bond donors (Lipinski definition) is 2. The number of aromatic nitrogens is 2. The maximum Gasteiger partial charge on any atom is 0.332 e. The van der Waals surface area contributed by atoms with Gasteiger partial charge in [0.2, 0.25) is 0 Å². The van der Waals surface area contributed by atoms with Gasteiger partial charge in [0.15, 0.2) is 0 Å². The van der Waals surface area contributed by atoms with Gasteiger partial charge in [-0.2, -0.15) is 0 Å².